The van der Waals surface area contributed by atoms with Crippen molar-refractivity contribution >= 4 is 15.9 Å². The van der Waals surface area contributed by atoms with Crippen LogP contribution in [0.15, 0.2) is 11.6 Å². The van der Waals surface area contributed by atoms with E-state index in [0.717, 1.165) is 25.7 Å². The zero-order chi connectivity index (χ0) is 19.7. The quantitative estimate of drug-likeness (QED) is 0.453. The minimum absolute atomic E-state index is 0.0469. The molecule has 1 unspecified atom stereocenters. The summed E-state index contributed by atoms with van der Waals surface area (Å²) in [5, 5.41) is 3.05. The van der Waals surface area contributed by atoms with Gasteiger partial charge in [-0.3, -0.25) is 9.69 Å². The van der Waals surface area contributed by atoms with Gasteiger partial charge in [-0.2, -0.15) is 4.31 Å². The number of hydrogen-bond donors (Lipinski definition) is 1. The lowest BCUT2D eigenvalue weighted by molar-refractivity contribution is -0.126. The van der Waals surface area contributed by atoms with E-state index in [4.69, 9.17) is 0 Å². The van der Waals surface area contributed by atoms with Gasteiger partial charge < -0.3 is 5.32 Å². The monoisotopic (exact) mass is 399 g/mol. The molecular weight excluding hydrogens is 362 g/mol. The maximum absolute atomic E-state index is 12.4. The molecule has 0 spiro atoms. The first-order valence-electron chi connectivity index (χ1n) is 10.6. The second kappa shape index (κ2) is 11.2. The van der Waals surface area contributed by atoms with Gasteiger partial charge in [0.05, 0.1) is 11.8 Å². The van der Waals surface area contributed by atoms with Gasteiger partial charge in [-0.15, -0.1) is 0 Å². The topological polar surface area (TPSA) is 69.7 Å². The first-order valence-corrected chi connectivity index (χ1v) is 12.2. The molecule has 1 saturated heterocycles. The van der Waals surface area contributed by atoms with Crippen molar-refractivity contribution in [2.24, 2.45) is 0 Å². The summed E-state index contributed by atoms with van der Waals surface area (Å²) in [6, 6.07) is -0.213. The van der Waals surface area contributed by atoms with Crippen LogP contribution in [0.5, 0.6) is 0 Å². The average molecular weight is 400 g/mol. The van der Waals surface area contributed by atoms with Crippen molar-refractivity contribution in [2.45, 2.75) is 71.3 Å². The van der Waals surface area contributed by atoms with Gasteiger partial charge in [-0.05, 0) is 45.4 Å². The molecule has 1 amide bonds. The van der Waals surface area contributed by atoms with Crippen LogP contribution in [0.2, 0.25) is 0 Å². The van der Waals surface area contributed by atoms with E-state index in [1.165, 1.54) is 31.3 Å². The van der Waals surface area contributed by atoms with Crippen molar-refractivity contribution in [3.05, 3.63) is 11.6 Å². The summed E-state index contributed by atoms with van der Waals surface area (Å²) in [5.41, 5.74) is 1.47. The Bertz CT molecular complexity index is 596. The summed E-state index contributed by atoms with van der Waals surface area (Å²) in [6.45, 7) is 6.89. The number of nitrogens with zero attached hydrogens (tertiary/aromatic N) is 2. The summed E-state index contributed by atoms with van der Waals surface area (Å²) in [7, 11) is -3.15. The second-order valence-corrected chi connectivity index (χ2v) is 9.87. The van der Waals surface area contributed by atoms with Crippen LogP contribution < -0.4 is 5.32 Å². The SMILES string of the molecule is CCCCCS(=O)(=O)N1CCN(C(C)C(=O)NCCC2=CCCCC2)CC1. The van der Waals surface area contributed by atoms with E-state index in [1.54, 1.807) is 4.31 Å². The molecule has 7 heteroatoms. The lowest BCUT2D eigenvalue weighted by atomic mass is 9.97. The number of rotatable bonds is 10. The minimum Gasteiger partial charge on any atom is -0.354 e. The Hall–Kier alpha value is -0.920. The Morgan fingerprint density at radius 1 is 1.19 bits per heavy atom. The van der Waals surface area contributed by atoms with E-state index in [2.05, 4.69) is 23.2 Å². The molecule has 1 heterocycles. The van der Waals surface area contributed by atoms with E-state index in [9.17, 15) is 13.2 Å². The van der Waals surface area contributed by atoms with Crippen LogP contribution >= 0.6 is 0 Å². The van der Waals surface area contributed by atoms with E-state index in [-0.39, 0.29) is 17.7 Å². The Labute approximate surface area is 165 Å². The Morgan fingerprint density at radius 3 is 2.56 bits per heavy atom. The first kappa shape index (κ1) is 22.4. The highest BCUT2D eigenvalue weighted by Gasteiger charge is 2.30. The van der Waals surface area contributed by atoms with Crippen LogP contribution in [-0.4, -0.2) is 68.0 Å². The van der Waals surface area contributed by atoms with Crippen molar-refractivity contribution in [3.8, 4) is 0 Å². The lowest BCUT2D eigenvalue weighted by Crippen LogP contribution is -2.55. The molecule has 1 aliphatic carbocycles. The molecule has 1 fully saturated rings. The first-order chi connectivity index (χ1) is 12.9. The lowest BCUT2D eigenvalue weighted by Gasteiger charge is -2.36. The molecule has 156 valence electrons. The molecule has 0 saturated carbocycles. The fraction of sp³-hybridized carbons (Fsp3) is 0.850. The molecule has 2 aliphatic rings. The van der Waals surface area contributed by atoms with Crippen molar-refractivity contribution in [3.63, 3.8) is 0 Å². The predicted molar refractivity (Wildman–Crippen MR) is 110 cm³/mol. The smallest absolute Gasteiger partial charge is 0.237 e. The van der Waals surface area contributed by atoms with Gasteiger partial charge >= 0.3 is 0 Å². The van der Waals surface area contributed by atoms with E-state index >= 15 is 0 Å². The normalized spacial score (nSPS) is 20.9. The minimum atomic E-state index is -3.15. The highest BCUT2D eigenvalue weighted by molar-refractivity contribution is 7.89. The molecule has 0 aromatic rings. The fourth-order valence-electron chi connectivity index (χ4n) is 3.82. The van der Waals surface area contributed by atoms with Crippen molar-refractivity contribution in [1.29, 1.82) is 0 Å². The summed E-state index contributed by atoms with van der Waals surface area (Å²) < 4.78 is 26.4. The van der Waals surface area contributed by atoms with Crippen LogP contribution in [-0.2, 0) is 14.8 Å². The van der Waals surface area contributed by atoms with Crippen molar-refractivity contribution in [2.75, 3.05) is 38.5 Å². The summed E-state index contributed by atoms with van der Waals surface area (Å²) >= 11 is 0. The van der Waals surface area contributed by atoms with Crippen LogP contribution in [0.4, 0.5) is 0 Å². The molecule has 0 aromatic carbocycles. The number of nitrogens with one attached hydrogen (secondary N) is 1. The Balaban J connectivity index is 1.71. The number of amides is 1. The Morgan fingerprint density at radius 2 is 1.93 bits per heavy atom. The van der Waals surface area contributed by atoms with E-state index in [0.29, 0.717) is 32.7 Å². The molecule has 27 heavy (non-hydrogen) atoms. The number of carbonyl (C=O) groups is 1. The fourth-order valence-corrected chi connectivity index (χ4v) is 5.37. The molecular formula is C20H37N3O3S. The van der Waals surface area contributed by atoms with E-state index in [1.807, 2.05) is 6.92 Å². The van der Waals surface area contributed by atoms with Crippen molar-refractivity contribution < 1.29 is 13.2 Å². The van der Waals surface area contributed by atoms with Gasteiger partial charge in [0.1, 0.15) is 0 Å². The van der Waals surface area contributed by atoms with Gasteiger partial charge in [0.25, 0.3) is 0 Å². The van der Waals surface area contributed by atoms with Crippen LogP contribution in [0, 0.1) is 0 Å². The standard InChI is InChI=1S/C20H37N3O3S/c1-3-4-8-17-27(25,26)23-15-13-22(14-16-23)18(2)20(24)21-12-11-19-9-6-5-7-10-19/h9,18H,3-8,10-17H2,1-2H3,(H,21,24). The molecule has 0 radical (unpaired) electrons. The highest BCUT2D eigenvalue weighted by Crippen LogP contribution is 2.19. The number of carbonyl (C=O) groups excluding carboxylic acids is 1. The van der Waals surface area contributed by atoms with Crippen LogP contribution in [0.1, 0.15) is 65.2 Å². The number of hydrogen-bond acceptors (Lipinski definition) is 4. The van der Waals surface area contributed by atoms with Gasteiger partial charge in [0.2, 0.25) is 15.9 Å². The van der Waals surface area contributed by atoms with Gasteiger partial charge in [-0.1, -0.05) is 31.4 Å². The molecule has 2 rings (SSSR count). The summed E-state index contributed by atoms with van der Waals surface area (Å²) in [6.07, 6.45) is 10.9. The third kappa shape index (κ3) is 7.20. The maximum Gasteiger partial charge on any atom is 0.237 e. The Kier molecular flexibility index (Phi) is 9.26. The zero-order valence-corrected chi connectivity index (χ0v) is 17.9. The third-order valence-electron chi connectivity index (χ3n) is 5.73. The molecule has 6 nitrogen and oxygen atoms in total. The molecule has 0 bridgehead atoms. The molecule has 1 N–H and O–H groups in total. The third-order valence-corrected chi connectivity index (χ3v) is 7.69. The number of allylic oxidation sites excluding steroid dienone is 1. The van der Waals surface area contributed by atoms with Crippen molar-refractivity contribution in [1.82, 2.24) is 14.5 Å². The second-order valence-electron chi connectivity index (χ2n) is 7.78. The zero-order valence-electron chi connectivity index (χ0n) is 17.1. The van der Waals surface area contributed by atoms with Crippen LogP contribution in [0.3, 0.4) is 0 Å². The molecule has 1 atom stereocenters. The summed E-state index contributed by atoms with van der Waals surface area (Å²) in [5.74, 6) is 0.290. The van der Waals surface area contributed by atoms with Gasteiger partial charge in [0, 0.05) is 32.7 Å². The average Bonchev–Trinajstić information content (AvgIpc) is 2.68. The summed E-state index contributed by atoms with van der Waals surface area (Å²) in [4.78, 5) is 14.5. The largest absolute Gasteiger partial charge is 0.354 e. The highest BCUT2D eigenvalue weighted by atomic mass is 32.2. The van der Waals surface area contributed by atoms with Gasteiger partial charge in [-0.25, -0.2) is 8.42 Å². The van der Waals surface area contributed by atoms with Gasteiger partial charge in [0.15, 0.2) is 0 Å². The predicted octanol–water partition coefficient (Wildman–Crippen LogP) is 2.52. The molecule has 0 aromatic heterocycles. The number of unbranched alkanes of at least 4 members (excludes halogenated alkanes) is 2. The number of piperazine rings is 1. The maximum atomic E-state index is 12.4. The van der Waals surface area contributed by atoms with Crippen LogP contribution in [0.25, 0.3) is 0 Å². The number of sulfonamides is 1. The molecule has 1 aliphatic heterocycles. The van der Waals surface area contributed by atoms with E-state index < -0.39 is 10.0 Å².